The minimum atomic E-state index is 0.838. The Morgan fingerprint density at radius 3 is 2.29 bits per heavy atom. The zero-order valence-electron chi connectivity index (χ0n) is 14.3. The summed E-state index contributed by atoms with van der Waals surface area (Å²) in [6.45, 7) is 6.40. The first-order valence-electron chi connectivity index (χ1n) is 9.24. The lowest BCUT2D eigenvalue weighted by Gasteiger charge is -2.27. The highest BCUT2D eigenvalue weighted by molar-refractivity contribution is 5.82. The maximum Gasteiger partial charge on any atom is 0.166 e. The lowest BCUT2D eigenvalue weighted by Crippen LogP contribution is -2.34. The van der Waals surface area contributed by atoms with Crippen molar-refractivity contribution in [3.63, 3.8) is 0 Å². The third-order valence-electron chi connectivity index (χ3n) is 5.12. The van der Waals surface area contributed by atoms with Crippen LogP contribution in [0.3, 0.4) is 0 Å². The second-order valence-electron chi connectivity index (χ2n) is 6.94. The first-order valence-corrected chi connectivity index (χ1v) is 9.24. The van der Waals surface area contributed by atoms with Gasteiger partial charge in [-0.25, -0.2) is 15.0 Å². The average Bonchev–Trinajstić information content (AvgIpc) is 3.05. The molecule has 0 aliphatic carbocycles. The molecular formula is C17H27N7. The van der Waals surface area contributed by atoms with Crippen LogP contribution in [0.15, 0.2) is 12.7 Å². The molecule has 24 heavy (non-hydrogen) atoms. The van der Waals surface area contributed by atoms with Gasteiger partial charge in [-0.1, -0.05) is 12.8 Å². The highest BCUT2D eigenvalue weighted by atomic mass is 15.3. The second-order valence-corrected chi connectivity index (χ2v) is 6.94. The van der Waals surface area contributed by atoms with Crippen LogP contribution in [0.25, 0.3) is 11.2 Å². The van der Waals surface area contributed by atoms with E-state index in [4.69, 9.17) is 0 Å². The van der Waals surface area contributed by atoms with Gasteiger partial charge in [-0.2, -0.15) is 0 Å². The number of piperidine rings is 2. The second kappa shape index (κ2) is 7.44. The van der Waals surface area contributed by atoms with Gasteiger partial charge in [0.15, 0.2) is 11.5 Å². The highest BCUT2D eigenvalue weighted by Crippen LogP contribution is 2.19. The van der Waals surface area contributed by atoms with Crippen LogP contribution >= 0.6 is 0 Å². The molecule has 7 heteroatoms. The SMILES string of the molecule is c1nc(NCN2CCCCC2)c2ncn(CN3CCCCC3)c2n1. The van der Waals surface area contributed by atoms with Crippen LogP contribution in [0.4, 0.5) is 5.82 Å². The molecule has 0 aromatic carbocycles. The molecule has 0 unspecified atom stereocenters. The normalized spacial score (nSPS) is 20.5. The molecule has 0 atom stereocenters. The summed E-state index contributed by atoms with van der Waals surface area (Å²) in [5.74, 6) is 0.850. The first-order chi connectivity index (χ1) is 11.9. The zero-order chi connectivity index (χ0) is 16.2. The Kier molecular flexibility index (Phi) is 4.89. The monoisotopic (exact) mass is 329 g/mol. The molecule has 2 aliphatic heterocycles. The molecule has 2 aromatic heterocycles. The van der Waals surface area contributed by atoms with Gasteiger partial charge in [-0.15, -0.1) is 0 Å². The molecule has 2 saturated heterocycles. The van der Waals surface area contributed by atoms with Gasteiger partial charge >= 0.3 is 0 Å². The molecule has 4 rings (SSSR count). The third-order valence-corrected chi connectivity index (χ3v) is 5.12. The van der Waals surface area contributed by atoms with Gasteiger partial charge in [-0.3, -0.25) is 9.80 Å². The molecule has 2 aliphatic rings. The van der Waals surface area contributed by atoms with Gasteiger partial charge in [-0.05, 0) is 51.9 Å². The van der Waals surface area contributed by atoms with E-state index in [0.717, 1.165) is 30.3 Å². The van der Waals surface area contributed by atoms with Crippen molar-refractivity contribution >= 4 is 17.0 Å². The fraction of sp³-hybridized carbons (Fsp3) is 0.706. The van der Waals surface area contributed by atoms with E-state index in [-0.39, 0.29) is 0 Å². The molecule has 2 aromatic rings. The molecule has 0 radical (unpaired) electrons. The number of hydrogen-bond donors (Lipinski definition) is 1. The van der Waals surface area contributed by atoms with E-state index < -0.39 is 0 Å². The van der Waals surface area contributed by atoms with E-state index in [1.54, 1.807) is 6.33 Å². The largest absolute Gasteiger partial charge is 0.355 e. The maximum absolute atomic E-state index is 4.58. The number of nitrogens with one attached hydrogen (secondary N) is 1. The Bertz CT molecular complexity index is 656. The van der Waals surface area contributed by atoms with E-state index in [1.807, 2.05) is 6.33 Å². The summed E-state index contributed by atoms with van der Waals surface area (Å²) in [4.78, 5) is 18.4. The van der Waals surface area contributed by atoms with Crippen molar-refractivity contribution in [1.29, 1.82) is 0 Å². The van der Waals surface area contributed by atoms with E-state index in [9.17, 15) is 0 Å². The lowest BCUT2D eigenvalue weighted by molar-refractivity contribution is 0.184. The number of anilines is 1. The summed E-state index contributed by atoms with van der Waals surface area (Å²) >= 11 is 0. The predicted octanol–water partition coefficient (Wildman–Crippen LogP) is 2.12. The Morgan fingerprint density at radius 1 is 0.833 bits per heavy atom. The molecule has 0 bridgehead atoms. The van der Waals surface area contributed by atoms with E-state index in [2.05, 4.69) is 34.6 Å². The molecule has 0 spiro atoms. The average molecular weight is 329 g/mol. The first kappa shape index (κ1) is 15.8. The van der Waals surface area contributed by atoms with Crippen LogP contribution < -0.4 is 5.32 Å². The lowest BCUT2D eigenvalue weighted by atomic mass is 10.1. The number of nitrogens with zero attached hydrogens (tertiary/aromatic N) is 6. The van der Waals surface area contributed by atoms with Crippen molar-refractivity contribution in [2.45, 2.75) is 45.2 Å². The van der Waals surface area contributed by atoms with Gasteiger partial charge in [0, 0.05) is 0 Å². The Morgan fingerprint density at radius 2 is 1.54 bits per heavy atom. The summed E-state index contributed by atoms with van der Waals surface area (Å²) in [7, 11) is 0. The molecular weight excluding hydrogens is 302 g/mol. The third kappa shape index (κ3) is 3.52. The van der Waals surface area contributed by atoms with Gasteiger partial charge in [0.2, 0.25) is 0 Å². The quantitative estimate of drug-likeness (QED) is 0.907. The fourth-order valence-electron chi connectivity index (χ4n) is 3.73. The smallest absolute Gasteiger partial charge is 0.166 e. The summed E-state index contributed by atoms with van der Waals surface area (Å²) in [5, 5.41) is 3.46. The van der Waals surface area contributed by atoms with Crippen LogP contribution in [-0.4, -0.2) is 62.2 Å². The number of imidazole rings is 1. The zero-order valence-corrected chi connectivity index (χ0v) is 14.3. The number of fused-ring (bicyclic) bond motifs is 1. The summed E-state index contributed by atoms with van der Waals surface area (Å²) < 4.78 is 2.15. The number of hydrogen-bond acceptors (Lipinski definition) is 6. The van der Waals surface area contributed by atoms with Gasteiger partial charge in [0.05, 0.1) is 19.7 Å². The number of rotatable bonds is 5. The van der Waals surface area contributed by atoms with Crippen molar-refractivity contribution in [2.75, 3.05) is 38.2 Å². The summed E-state index contributed by atoms with van der Waals surface area (Å²) in [6.07, 6.45) is 11.4. The van der Waals surface area contributed by atoms with Gasteiger partial charge in [0.1, 0.15) is 11.8 Å². The standard InChI is InChI=1S/C17H27N7/c1-3-7-22(8-4-1)12-21-16-15-17(19-11-18-16)24(13-20-15)14-23-9-5-2-6-10-23/h11,13H,1-10,12,14H2,(H,18,19,21). The van der Waals surface area contributed by atoms with Crippen LogP contribution in [0.2, 0.25) is 0 Å². The molecule has 4 heterocycles. The molecule has 0 amide bonds. The topological polar surface area (TPSA) is 62.1 Å². The Hall–Kier alpha value is -1.73. The maximum atomic E-state index is 4.58. The Balaban J connectivity index is 1.46. The van der Waals surface area contributed by atoms with Gasteiger partial charge < -0.3 is 9.88 Å². The molecule has 7 nitrogen and oxygen atoms in total. The molecule has 1 N–H and O–H groups in total. The summed E-state index contributed by atoms with van der Waals surface area (Å²) in [5.41, 5.74) is 1.81. The van der Waals surface area contributed by atoms with E-state index >= 15 is 0 Å². The van der Waals surface area contributed by atoms with Crippen molar-refractivity contribution in [2.24, 2.45) is 0 Å². The predicted molar refractivity (Wildman–Crippen MR) is 94.7 cm³/mol. The minimum Gasteiger partial charge on any atom is -0.355 e. The molecule has 2 fully saturated rings. The number of likely N-dealkylation sites (tertiary alicyclic amines) is 2. The molecule has 130 valence electrons. The van der Waals surface area contributed by atoms with E-state index in [0.29, 0.717) is 0 Å². The van der Waals surface area contributed by atoms with Crippen LogP contribution in [-0.2, 0) is 6.67 Å². The van der Waals surface area contributed by atoms with Crippen molar-refractivity contribution in [3.8, 4) is 0 Å². The van der Waals surface area contributed by atoms with Gasteiger partial charge in [0.25, 0.3) is 0 Å². The minimum absolute atomic E-state index is 0.838. The van der Waals surface area contributed by atoms with Crippen molar-refractivity contribution in [1.82, 2.24) is 29.3 Å². The van der Waals surface area contributed by atoms with Crippen molar-refractivity contribution in [3.05, 3.63) is 12.7 Å². The van der Waals surface area contributed by atoms with Crippen LogP contribution in [0, 0.1) is 0 Å². The van der Waals surface area contributed by atoms with Crippen molar-refractivity contribution < 1.29 is 0 Å². The highest BCUT2D eigenvalue weighted by Gasteiger charge is 2.15. The Labute approximate surface area is 143 Å². The van der Waals surface area contributed by atoms with Crippen LogP contribution in [0.5, 0.6) is 0 Å². The van der Waals surface area contributed by atoms with Crippen LogP contribution in [0.1, 0.15) is 38.5 Å². The fourth-order valence-corrected chi connectivity index (χ4v) is 3.73. The number of aromatic nitrogens is 4. The van der Waals surface area contributed by atoms with E-state index in [1.165, 1.54) is 64.7 Å². The molecule has 0 saturated carbocycles. The summed E-state index contributed by atoms with van der Waals surface area (Å²) in [6, 6.07) is 0.